The van der Waals surface area contributed by atoms with Gasteiger partial charge in [0.1, 0.15) is 6.54 Å². The lowest BCUT2D eigenvalue weighted by atomic mass is 10.1. The number of nitrogens with zero attached hydrogens (tertiary/aromatic N) is 1. The van der Waals surface area contributed by atoms with E-state index in [0.717, 1.165) is 0 Å². The SMILES string of the molecule is NCc1cccc(N(CC(=O)O)C(=O)c2ccccc2)c1OC(F)(F)F. The van der Waals surface area contributed by atoms with Crippen molar-refractivity contribution in [2.45, 2.75) is 12.9 Å². The van der Waals surface area contributed by atoms with Crippen LogP contribution in [0, 0.1) is 0 Å². The fraction of sp³-hybridized carbons (Fsp3) is 0.176. The highest BCUT2D eigenvalue weighted by molar-refractivity contribution is 6.09. The van der Waals surface area contributed by atoms with Gasteiger partial charge in [0.15, 0.2) is 5.75 Å². The second-order valence-corrected chi connectivity index (χ2v) is 5.17. The summed E-state index contributed by atoms with van der Waals surface area (Å²) in [6.45, 7) is -1.14. The number of amides is 1. The summed E-state index contributed by atoms with van der Waals surface area (Å²) in [5, 5.41) is 9.11. The number of anilines is 1. The average molecular weight is 368 g/mol. The number of aliphatic carboxylic acids is 1. The molecule has 26 heavy (non-hydrogen) atoms. The van der Waals surface area contributed by atoms with Crippen LogP contribution >= 0.6 is 0 Å². The van der Waals surface area contributed by atoms with Crippen molar-refractivity contribution >= 4 is 17.6 Å². The summed E-state index contributed by atoms with van der Waals surface area (Å²) in [5.41, 5.74) is 5.23. The molecule has 0 saturated heterocycles. The molecule has 0 atom stereocenters. The summed E-state index contributed by atoms with van der Waals surface area (Å²) in [6, 6.07) is 11.4. The number of benzene rings is 2. The van der Waals surface area contributed by atoms with Crippen molar-refractivity contribution in [3.8, 4) is 5.75 Å². The van der Waals surface area contributed by atoms with E-state index in [1.807, 2.05) is 0 Å². The molecular formula is C17H15F3N2O4. The smallest absolute Gasteiger partial charge is 0.480 e. The van der Waals surface area contributed by atoms with Gasteiger partial charge in [-0.15, -0.1) is 13.2 Å². The van der Waals surface area contributed by atoms with Crippen molar-refractivity contribution in [3.63, 3.8) is 0 Å². The second kappa shape index (κ2) is 7.87. The molecule has 0 radical (unpaired) electrons. The first kappa shape index (κ1) is 19.3. The van der Waals surface area contributed by atoms with Crippen molar-refractivity contribution in [1.29, 1.82) is 0 Å². The molecule has 0 bridgehead atoms. The maximum Gasteiger partial charge on any atom is 0.573 e. The van der Waals surface area contributed by atoms with Crippen molar-refractivity contribution in [2.24, 2.45) is 5.73 Å². The van der Waals surface area contributed by atoms with Gasteiger partial charge in [0, 0.05) is 17.7 Å². The molecule has 0 unspecified atom stereocenters. The van der Waals surface area contributed by atoms with Gasteiger partial charge in [0.2, 0.25) is 0 Å². The van der Waals surface area contributed by atoms with E-state index in [2.05, 4.69) is 4.74 Å². The van der Waals surface area contributed by atoms with Gasteiger partial charge in [-0.3, -0.25) is 14.5 Å². The Labute approximate surface area is 146 Å². The normalized spacial score (nSPS) is 11.1. The second-order valence-electron chi connectivity index (χ2n) is 5.17. The van der Waals surface area contributed by atoms with E-state index >= 15 is 0 Å². The minimum Gasteiger partial charge on any atom is -0.480 e. The number of ether oxygens (including phenoxy) is 1. The van der Waals surface area contributed by atoms with Gasteiger partial charge < -0.3 is 15.6 Å². The molecule has 1 amide bonds. The number of nitrogens with two attached hydrogens (primary N) is 1. The van der Waals surface area contributed by atoms with E-state index < -0.39 is 30.5 Å². The summed E-state index contributed by atoms with van der Waals surface area (Å²) in [6.07, 6.45) is -5.04. The first-order valence-electron chi connectivity index (χ1n) is 7.39. The molecule has 0 aliphatic carbocycles. The zero-order valence-corrected chi connectivity index (χ0v) is 13.4. The summed E-state index contributed by atoms with van der Waals surface area (Å²) >= 11 is 0. The molecule has 6 nitrogen and oxygen atoms in total. The largest absolute Gasteiger partial charge is 0.573 e. The van der Waals surface area contributed by atoms with E-state index in [9.17, 15) is 22.8 Å². The van der Waals surface area contributed by atoms with Crippen LogP contribution in [-0.4, -0.2) is 29.9 Å². The average Bonchev–Trinajstić information content (AvgIpc) is 2.59. The standard InChI is InChI=1S/C17H15F3N2O4/c18-17(19,20)26-15-12(9-21)7-4-8-13(15)22(10-14(23)24)16(25)11-5-2-1-3-6-11/h1-8H,9-10,21H2,(H,23,24). The number of carboxylic acid groups (broad SMARTS) is 1. The molecule has 0 aromatic heterocycles. The van der Waals surface area contributed by atoms with Gasteiger partial charge in [-0.25, -0.2) is 0 Å². The molecule has 2 rings (SSSR count). The summed E-state index contributed by atoms with van der Waals surface area (Å²) in [5.74, 6) is -2.88. The van der Waals surface area contributed by atoms with Gasteiger partial charge >= 0.3 is 12.3 Å². The van der Waals surface area contributed by atoms with Crippen LogP contribution in [0.2, 0.25) is 0 Å². The number of para-hydroxylation sites is 1. The van der Waals surface area contributed by atoms with Gasteiger partial charge in [0.25, 0.3) is 5.91 Å². The van der Waals surface area contributed by atoms with E-state index in [0.29, 0.717) is 4.90 Å². The number of alkyl halides is 3. The van der Waals surface area contributed by atoms with E-state index in [1.165, 1.54) is 30.3 Å². The lowest BCUT2D eigenvalue weighted by Crippen LogP contribution is -2.36. The number of hydrogen-bond donors (Lipinski definition) is 2. The topological polar surface area (TPSA) is 92.9 Å². The number of carboxylic acids is 1. The fourth-order valence-electron chi connectivity index (χ4n) is 2.32. The molecule has 2 aromatic carbocycles. The highest BCUT2D eigenvalue weighted by Crippen LogP contribution is 2.36. The molecule has 0 spiro atoms. The van der Waals surface area contributed by atoms with E-state index in [1.54, 1.807) is 18.2 Å². The van der Waals surface area contributed by atoms with Gasteiger partial charge in [-0.2, -0.15) is 0 Å². The van der Waals surface area contributed by atoms with E-state index in [-0.39, 0.29) is 23.4 Å². The first-order valence-corrected chi connectivity index (χ1v) is 7.39. The molecule has 0 saturated carbocycles. The van der Waals surface area contributed by atoms with Crippen molar-refractivity contribution in [2.75, 3.05) is 11.4 Å². The molecule has 0 aliphatic heterocycles. The Bertz CT molecular complexity index is 794. The predicted octanol–water partition coefficient (Wildman–Crippen LogP) is 2.78. The summed E-state index contributed by atoms with van der Waals surface area (Å²) in [7, 11) is 0. The Hall–Kier alpha value is -3.07. The van der Waals surface area contributed by atoms with Crippen molar-refractivity contribution in [3.05, 3.63) is 59.7 Å². The third kappa shape index (κ3) is 4.73. The lowest BCUT2D eigenvalue weighted by Gasteiger charge is -2.25. The molecular weight excluding hydrogens is 353 g/mol. The van der Waals surface area contributed by atoms with Crippen LogP contribution in [0.5, 0.6) is 5.75 Å². The molecule has 0 heterocycles. The van der Waals surface area contributed by atoms with E-state index in [4.69, 9.17) is 10.8 Å². The minimum atomic E-state index is -5.04. The van der Waals surface area contributed by atoms with Gasteiger partial charge in [0.05, 0.1) is 5.69 Å². The number of carbonyl (C=O) groups excluding carboxylic acids is 1. The maximum atomic E-state index is 12.8. The van der Waals surface area contributed by atoms with Gasteiger partial charge in [-0.05, 0) is 18.2 Å². The fourth-order valence-corrected chi connectivity index (χ4v) is 2.32. The number of halogens is 3. The zero-order valence-electron chi connectivity index (χ0n) is 13.4. The van der Waals surface area contributed by atoms with Crippen LogP contribution in [0.3, 0.4) is 0 Å². The number of hydrogen-bond acceptors (Lipinski definition) is 4. The quantitative estimate of drug-likeness (QED) is 0.818. The molecule has 2 aromatic rings. The Morgan fingerprint density at radius 2 is 1.73 bits per heavy atom. The lowest BCUT2D eigenvalue weighted by molar-refractivity contribution is -0.274. The monoisotopic (exact) mass is 368 g/mol. The number of carbonyl (C=O) groups is 2. The highest BCUT2D eigenvalue weighted by atomic mass is 19.4. The van der Waals surface area contributed by atoms with Crippen LogP contribution in [-0.2, 0) is 11.3 Å². The Morgan fingerprint density at radius 3 is 2.27 bits per heavy atom. The Kier molecular flexibility index (Phi) is 5.83. The van der Waals surface area contributed by atoms with Crippen LogP contribution in [0.1, 0.15) is 15.9 Å². The highest BCUT2D eigenvalue weighted by Gasteiger charge is 2.35. The minimum absolute atomic E-state index is 0.0175. The van der Waals surface area contributed by atoms with Crippen LogP contribution in [0.25, 0.3) is 0 Å². The molecule has 138 valence electrons. The molecule has 9 heteroatoms. The van der Waals surface area contributed by atoms with Crippen LogP contribution in [0.4, 0.5) is 18.9 Å². The van der Waals surface area contributed by atoms with Crippen molar-refractivity contribution < 1.29 is 32.6 Å². The molecule has 3 N–H and O–H groups in total. The Balaban J connectivity index is 2.58. The third-order valence-electron chi connectivity index (χ3n) is 3.36. The maximum absolute atomic E-state index is 12.8. The predicted molar refractivity (Wildman–Crippen MR) is 86.8 cm³/mol. The van der Waals surface area contributed by atoms with Crippen LogP contribution < -0.4 is 15.4 Å². The number of rotatable bonds is 6. The van der Waals surface area contributed by atoms with Crippen LogP contribution in [0.15, 0.2) is 48.5 Å². The third-order valence-corrected chi connectivity index (χ3v) is 3.36. The summed E-state index contributed by atoms with van der Waals surface area (Å²) < 4.78 is 42.5. The summed E-state index contributed by atoms with van der Waals surface area (Å²) in [4.78, 5) is 24.6. The molecule has 0 aliphatic rings. The Morgan fingerprint density at radius 1 is 1.08 bits per heavy atom. The first-order chi connectivity index (χ1) is 12.2. The van der Waals surface area contributed by atoms with Gasteiger partial charge in [-0.1, -0.05) is 30.3 Å². The zero-order chi connectivity index (χ0) is 19.3. The van der Waals surface area contributed by atoms with Crippen molar-refractivity contribution in [1.82, 2.24) is 0 Å². The molecule has 0 fully saturated rings.